The first-order valence-corrected chi connectivity index (χ1v) is 7.22. The van der Waals surface area contributed by atoms with Crippen LogP contribution in [-0.4, -0.2) is 13.2 Å². The summed E-state index contributed by atoms with van der Waals surface area (Å²) in [6.45, 7) is 7.74. The quantitative estimate of drug-likeness (QED) is 0.608. The van der Waals surface area contributed by atoms with Crippen LogP contribution in [0.5, 0.6) is 0 Å². The van der Waals surface area contributed by atoms with Crippen LogP contribution in [0.15, 0.2) is 16.7 Å². The van der Waals surface area contributed by atoms with Crippen molar-refractivity contribution < 1.29 is 9.15 Å². The summed E-state index contributed by atoms with van der Waals surface area (Å²) in [7, 11) is 0. The molecule has 1 aromatic rings. The third kappa shape index (κ3) is 6.22. The summed E-state index contributed by atoms with van der Waals surface area (Å²) in [4.78, 5) is 0. The van der Waals surface area contributed by atoms with Gasteiger partial charge in [0.1, 0.15) is 5.76 Å². The summed E-state index contributed by atoms with van der Waals surface area (Å²) < 4.78 is 11.1. The van der Waals surface area contributed by atoms with Crippen LogP contribution in [0, 0.1) is 0 Å². The number of hydrogen-bond acceptors (Lipinski definition) is 3. The molecule has 0 bridgehead atoms. The molecule has 0 atom stereocenters. The Balaban J connectivity index is 2.15. The second kappa shape index (κ2) is 10.2. The Morgan fingerprint density at radius 1 is 1.17 bits per heavy atom. The minimum absolute atomic E-state index is 0.672. The van der Waals surface area contributed by atoms with Crippen LogP contribution in [0.1, 0.15) is 57.3 Å². The van der Waals surface area contributed by atoms with Crippen molar-refractivity contribution in [1.29, 1.82) is 0 Å². The van der Waals surface area contributed by atoms with Gasteiger partial charge in [-0.1, -0.05) is 33.1 Å². The molecule has 104 valence electrons. The van der Waals surface area contributed by atoms with Crippen LogP contribution < -0.4 is 5.32 Å². The van der Waals surface area contributed by atoms with Crippen molar-refractivity contribution in [2.45, 2.75) is 59.1 Å². The van der Waals surface area contributed by atoms with Crippen molar-refractivity contribution in [3.05, 3.63) is 23.7 Å². The molecule has 0 spiro atoms. The maximum Gasteiger partial charge on any atom is 0.123 e. The molecule has 1 N–H and O–H groups in total. The molecule has 1 rings (SSSR count). The molecule has 0 aliphatic heterocycles. The molecule has 0 aromatic carbocycles. The highest BCUT2D eigenvalue weighted by Crippen LogP contribution is 2.12. The molecule has 3 heteroatoms. The van der Waals surface area contributed by atoms with Gasteiger partial charge in [-0.25, -0.2) is 0 Å². The first-order chi connectivity index (χ1) is 8.88. The summed E-state index contributed by atoms with van der Waals surface area (Å²) in [5.41, 5.74) is 1.18. The van der Waals surface area contributed by atoms with E-state index in [1.807, 2.05) is 6.07 Å². The van der Waals surface area contributed by atoms with Gasteiger partial charge in [-0.05, 0) is 25.5 Å². The van der Waals surface area contributed by atoms with Crippen LogP contribution in [-0.2, 0) is 17.9 Å². The summed E-state index contributed by atoms with van der Waals surface area (Å²) in [5, 5.41) is 3.35. The van der Waals surface area contributed by atoms with E-state index in [1.54, 1.807) is 6.26 Å². The van der Waals surface area contributed by atoms with Crippen molar-refractivity contribution in [3.8, 4) is 0 Å². The normalized spacial score (nSPS) is 11.0. The predicted octanol–water partition coefficient (Wildman–Crippen LogP) is 3.88. The molecular formula is C15H27NO2. The Morgan fingerprint density at radius 3 is 2.83 bits per heavy atom. The van der Waals surface area contributed by atoms with Crippen LogP contribution in [0.2, 0.25) is 0 Å². The van der Waals surface area contributed by atoms with Crippen LogP contribution >= 0.6 is 0 Å². The number of rotatable bonds is 11. The first-order valence-electron chi connectivity index (χ1n) is 7.22. The lowest BCUT2D eigenvalue weighted by Gasteiger charge is -2.05. The van der Waals surface area contributed by atoms with E-state index in [1.165, 1.54) is 24.8 Å². The van der Waals surface area contributed by atoms with Crippen molar-refractivity contribution >= 4 is 0 Å². The lowest BCUT2D eigenvalue weighted by molar-refractivity contribution is 0.115. The summed E-state index contributed by atoms with van der Waals surface area (Å²) in [6.07, 6.45) is 7.90. The second-order valence-electron chi connectivity index (χ2n) is 4.66. The van der Waals surface area contributed by atoms with Gasteiger partial charge in [-0.3, -0.25) is 0 Å². The Bertz CT molecular complexity index is 296. The largest absolute Gasteiger partial charge is 0.468 e. The minimum atomic E-state index is 0.672. The fraction of sp³-hybridized carbons (Fsp3) is 0.733. The molecule has 0 saturated carbocycles. The number of unbranched alkanes of at least 4 members (excludes halogenated alkanes) is 3. The molecule has 0 aliphatic carbocycles. The van der Waals surface area contributed by atoms with Crippen molar-refractivity contribution in [3.63, 3.8) is 0 Å². The smallest absolute Gasteiger partial charge is 0.123 e. The van der Waals surface area contributed by atoms with Gasteiger partial charge in [0.25, 0.3) is 0 Å². The lowest BCUT2D eigenvalue weighted by atomic mass is 10.2. The summed E-state index contributed by atoms with van der Waals surface area (Å²) >= 11 is 0. The van der Waals surface area contributed by atoms with Gasteiger partial charge >= 0.3 is 0 Å². The van der Waals surface area contributed by atoms with Crippen molar-refractivity contribution in [2.24, 2.45) is 0 Å². The minimum Gasteiger partial charge on any atom is -0.468 e. The van der Waals surface area contributed by atoms with Crippen LogP contribution in [0.3, 0.4) is 0 Å². The number of furan rings is 1. The number of hydrogen-bond donors (Lipinski definition) is 1. The van der Waals surface area contributed by atoms with Gasteiger partial charge < -0.3 is 14.5 Å². The highest BCUT2D eigenvalue weighted by atomic mass is 16.5. The monoisotopic (exact) mass is 253 g/mol. The summed E-state index contributed by atoms with van der Waals surface area (Å²) in [6, 6.07) is 2.01. The molecule has 0 fully saturated rings. The van der Waals surface area contributed by atoms with Crippen LogP contribution in [0.25, 0.3) is 0 Å². The third-order valence-electron chi connectivity index (χ3n) is 2.95. The van der Waals surface area contributed by atoms with E-state index >= 15 is 0 Å². The first kappa shape index (κ1) is 15.3. The number of ether oxygens (including phenoxy) is 1. The van der Waals surface area contributed by atoms with Gasteiger partial charge in [-0.15, -0.1) is 0 Å². The van der Waals surface area contributed by atoms with Gasteiger partial charge in [-0.2, -0.15) is 0 Å². The zero-order chi connectivity index (χ0) is 13.1. The molecule has 1 heterocycles. The fourth-order valence-electron chi connectivity index (χ4n) is 1.84. The molecule has 0 unspecified atom stereocenters. The Morgan fingerprint density at radius 2 is 2.06 bits per heavy atom. The summed E-state index contributed by atoms with van der Waals surface area (Å²) in [5.74, 6) is 1.01. The van der Waals surface area contributed by atoms with Crippen molar-refractivity contribution in [1.82, 2.24) is 5.32 Å². The molecule has 1 aromatic heterocycles. The van der Waals surface area contributed by atoms with Gasteiger partial charge in [0, 0.05) is 12.2 Å². The average molecular weight is 253 g/mol. The third-order valence-corrected chi connectivity index (χ3v) is 2.95. The zero-order valence-electron chi connectivity index (χ0n) is 11.8. The van der Waals surface area contributed by atoms with E-state index in [-0.39, 0.29) is 0 Å². The van der Waals surface area contributed by atoms with Crippen LogP contribution in [0.4, 0.5) is 0 Å². The average Bonchev–Trinajstić information content (AvgIpc) is 2.82. The molecule has 3 nitrogen and oxygen atoms in total. The van der Waals surface area contributed by atoms with E-state index in [4.69, 9.17) is 9.15 Å². The Kier molecular flexibility index (Phi) is 8.61. The van der Waals surface area contributed by atoms with E-state index in [2.05, 4.69) is 19.2 Å². The molecule has 0 amide bonds. The van der Waals surface area contributed by atoms with Gasteiger partial charge in [0.15, 0.2) is 0 Å². The maximum absolute atomic E-state index is 5.68. The molecule has 0 aliphatic rings. The Hall–Kier alpha value is -0.800. The second-order valence-corrected chi connectivity index (χ2v) is 4.66. The maximum atomic E-state index is 5.68. The Labute approximate surface area is 111 Å². The van der Waals surface area contributed by atoms with E-state index in [0.717, 1.165) is 38.3 Å². The SMILES string of the molecule is CCCCCCOCc1ccoc1CNCCC. The molecular weight excluding hydrogens is 226 g/mol. The highest BCUT2D eigenvalue weighted by Gasteiger charge is 2.05. The number of nitrogens with one attached hydrogen (secondary N) is 1. The molecule has 0 saturated heterocycles. The van der Waals surface area contributed by atoms with E-state index in [0.29, 0.717) is 6.61 Å². The fourth-order valence-corrected chi connectivity index (χ4v) is 1.84. The van der Waals surface area contributed by atoms with Gasteiger partial charge in [0.05, 0.1) is 19.4 Å². The molecule has 18 heavy (non-hydrogen) atoms. The van der Waals surface area contributed by atoms with E-state index < -0.39 is 0 Å². The van der Waals surface area contributed by atoms with Crippen molar-refractivity contribution in [2.75, 3.05) is 13.2 Å². The standard InChI is InChI=1S/C15H27NO2/c1-3-5-6-7-10-17-13-14-8-11-18-15(14)12-16-9-4-2/h8,11,16H,3-7,9-10,12-13H2,1-2H3. The van der Waals surface area contributed by atoms with Gasteiger partial charge in [0.2, 0.25) is 0 Å². The topological polar surface area (TPSA) is 34.4 Å². The highest BCUT2D eigenvalue weighted by molar-refractivity contribution is 5.15. The van der Waals surface area contributed by atoms with E-state index in [9.17, 15) is 0 Å². The zero-order valence-corrected chi connectivity index (χ0v) is 11.8. The molecule has 0 radical (unpaired) electrons. The lowest BCUT2D eigenvalue weighted by Crippen LogP contribution is -2.14. The predicted molar refractivity (Wildman–Crippen MR) is 74.5 cm³/mol.